The molecule has 0 saturated carbocycles. The maximum Gasteiger partial charge on any atom is 0.306 e. The van der Waals surface area contributed by atoms with Crippen LogP contribution in [0.1, 0.15) is 278 Å². The number of allylic oxidation sites excluding steroid dienone is 16. The number of hydrogen-bond donors (Lipinski definition) is 0. The lowest BCUT2D eigenvalue weighted by Gasteiger charge is -2.18. The van der Waals surface area contributed by atoms with E-state index in [0.29, 0.717) is 19.3 Å². The summed E-state index contributed by atoms with van der Waals surface area (Å²) in [7, 11) is 0. The molecule has 71 heavy (non-hydrogen) atoms. The van der Waals surface area contributed by atoms with Crippen molar-refractivity contribution in [2.75, 3.05) is 13.2 Å². The van der Waals surface area contributed by atoms with Gasteiger partial charge in [0, 0.05) is 19.3 Å². The van der Waals surface area contributed by atoms with Gasteiger partial charge in [-0.3, -0.25) is 14.4 Å². The summed E-state index contributed by atoms with van der Waals surface area (Å²) in [4.78, 5) is 38.2. The van der Waals surface area contributed by atoms with Crippen LogP contribution in [0.4, 0.5) is 0 Å². The molecular weight excluding hydrogens is 877 g/mol. The molecule has 0 aliphatic rings. The van der Waals surface area contributed by atoms with Crippen LogP contribution in [-0.2, 0) is 28.6 Å². The summed E-state index contributed by atoms with van der Waals surface area (Å²) in [5.41, 5.74) is 0. The molecule has 0 radical (unpaired) electrons. The zero-order valence-electron chi connectivity index (χ0n) is 46.5. The molecule has 0 fully saturated rings. The van der Waals surface area contributed by atoms with Gasteiger partial charge in [0.15, 0.2) is 6.10 Å². The van der Waals surface area contributed by atoms with Crippen molar-refractivity contribution in [2.45, 2.75) is 284 Å². The number of esters is 3. The Morgan fingerprint density at radius 2 is 0.549 bits per heavy atom. The summed E-state index contributed by atoms with van der Waals surface area (Å²) in [6, 6.07) is 0. The molecule has 0 spiro atoms. The van der Waals surface area contributed by atoms with Crippen LogP contribution in [0.25, 0.3) is 0 Å². The Bertz CT molecular complexity index is 1410. The van der Waals surface area contributed by atoms with Crippen LogP contribution < -0.4 is 0 Å². The molecule has 0 rings (SSSR count). The molecule has 0 aliphatic heterocycles. The average molecular weight is 988 g/mol. The maximum atomic E-state index is 12.9. The second-order valence-electron chi connectivity index (χ2n) is 19.5. The van der Waals surface area contributed by atoms with Crippen LogP contribution in [0.15, 0.2) is 97.2 Å². The van der Waals surface area contributed by atoms with E-state index in [1.54, 1.807) is 0 Å². The second kappa shape index (κ2) is 58.9. The van der Waals surface area contributed by atoms with E-state index < -0.39 is 6.10 Å². The highest BCUT2D eigenvalue weighted by Gasteiger charge is 2.19. The summed E-state index contributed by atoms with van der Waals surface area (Å²) in [6.07, 6.45) is 78.2. The Morgan fingerprint density at radius 1 is 0.296 bits per heavy atom. The first-order chi connectivity index (χ1) is 35.0. The summed E-state index contributed by atoms with van der Waals surface area (Å²) in [5.74, 6) is -0.914. The Morgan fingerprint density at radius 3 is 0.887 bits per heavy atom. The van der Waals surface area contributed by atoms with Gasteiger partial charge in [0.25, 0.3) is 0 Å². The molecule has 0 aromatic heterocycles. The summed E-state index contributed by atoms with van der Waals surface area (Å²) in [5, 5.41) is 0. The van der Waals surface area contributed by atoms with Gasteiger partial charge in [0.1, 0.15) is 13.2 Å². The third-order valence-corrected chi connectivity index (χ3v) is 12.6. The SMILES string of the molecule is CC/C=C\C/C=C\C/C=C\C/C=C\C/C=C\CCCCCCCC(=O)OCC(COC(=O)CCCCCCCCCCCCCCC)OC(=O)CCCCCCCC/C=C\C/C=C\C/C=C\CCCCC. The molecule has 406 valence electrons. The normalized spacial score (nSPS) is 12.8. The third kappa shape index (κ3) is 57.1. The summed E-state index contributed by atoms with van der Waals surface area (Å²) >= 11 is 0. The van der Waals surface area contributed by atoms with Gasteiger partial charge in [0.2, 0.25) is 0 Å². The van der Waals surface area contributed by atoms with Gasteiger partial charge in [-0.25, -0.2) is 0 Å². The van der Waals surface area contributed by atoms with Gasteiger partial charge in [-0.05, 0) is 103 Å². The van der Waals surface area contributed by atoms with Crippen molar-refractivity contribution >= 4 is 17.9 Å². The van der Waals surface area contributed by atoms with Crippen molar-refractivity contribution in [3.63, 3.8) is 0 Å². The first-order valence-electron chi connectivity index (χ1n) is 29.7. The molecule has 1 unspecified atom stereocenters. The quantitative estimate of drug-likeness (QED) is 0.0261. The lowest BCUT2D eigenvalue weighted by molar-refractivity contribution is -0.167. The molecule has 0 aromatic carbocycles. The van der Waals surface area contributed by atoms with Gasteiger partial charge in [0.05, 0.1) is 0 Å². The van der Waals surface area contributed by atoms with E-state index in [1.807, 2.05) is 0 Å². The lowest BCUT2D eigenvalue weighted by Crippen LogP contribution is -2.30. The van der Waals surface area contributed by atoms with E-state index in [-0.39, 0.29) is 31.1 Å². The minimum Gasteiger partial charge on any atom is -0.462 e. The minimum atomic E-state index is -0.793. The Kier molecular flexibility index (Phi) is 55.9. The molecule has 0 amide bonds. The van der Waals surface area contributed by atoms with Gasteiger partial charge in [-0.1, -0.05) is 253 Å². The van der Waals surface area contributed by atoms with Crippen molar-refractivity contribution in [1.82, 2.24) is 0 Å². The van der Waals surface area contributed by atoms with Crippen molar-refractivity contribution < 1.29 is 28.6 Å². The van der Waals surface area contributed by atoms with Gasteiger partial charge < -0.3 is 14.2 Å². The molecule has 0 aromatic rings. The topological polar surface area (TPSA) is 78.9 Å². The first kappa shape index (κ1) is 67.3. The fraction of sp³-hybridized carbons (Fsp3) is 0.708. The Balaban J connectivity index is 4.43. The van der Waals surface area contributed by atoms with Gasteiger partial charge in [-0.15, -0.1) is 0 Å². The van der Waals surface area contributed by atoms with Gasteiger partial charge in [-0.2, -0.15) is 0 Å². The molecule has 0 bridgehead atoms. The second-order valence-corrected chi connectivity index (χ2v) is 19.5. The highest BCUT2D eigenvalue weighted by molar-refractivity contribution is 5.71. The number of rotatable bonds is 53. The number of carbonyl (C=O) groups is 3. The Hall–Kier alpha value is -3.67. The first-order valence-corrected chi connectivity index (χ1v) is 29.7. The minimum absolute atomic E-state index is 0.0878. The van der Waals surface area contributed by atoms with E-state index in [1.165, 1.54) is 103 Å². The maximum absolute atomic E-state index is 12.9. The van der Waals surface area contributed by atoms with Crippen LogP contribution in [-0.4, -0.2) is 37.2 Å². The zero-order chi connectivity index (χ0) is 51.4. The smallest absolute Gasteiger partial charge is 0.306 e. The van der Waals surface area contributed by atoms with Crippen molar-refractivity contribution in [3.8, 4) is 0 Å². The van der Waals surface area contributed by atoms with Crippen molar-refractivity contribution in [3.05, 3.63) is 97.2 Å². The molecule has 6 nitrogen and oxygen atoms in total. The van der Waals surface area contributed by atoms with E-state index in [0.717, 1.165) is 135 Å². The standard InChI is InChI=1S/C65H110O6/c1-4-7-10-13-16-19-22-25-27-29-31-32-34-35-37-40-43-46-49-52-55-58-64(67)70-61-62(60-69-63(66)57-54-51-48-45-42-39-24-21-18-15-12-9-6-3)71-65(68)59-56-53-50-47-44-41-38-36-33-30-28-26-23-20-17-14-11-8-5-2/h7,10,16-17,19-20,25-28,31-33,35-37,62H,4-6,8-9,11-15,18,21-24,29-30,34,38-61H2,1-3H3/b10-7-,19-16-,20-17-,27-25-,28-26-,32-31-,36-33-,37-35-. The molecule has 0 N–H and O–H groups in total. The third-order valence-electron chi connectivity index (χ3n) is 12.6. The molecule has 0 saturated heterocycles. The van der Waals surface area contributed by atoms with Crippen LogP contribution >= 0.6 is 0 Å². The molecule has 6 heteroatoms. The summed E-state index contributed by atoms with van der Waals surface area (Å²) < 4.78 is 16.9. The van der Waals surface area contributed by atoms with Crippen molar-refractivity contribution in [2.24, 2.45) is 0 Å². The average Bonchev–Trinajstić information content (AvgIpc) is 3.37. The highest BCUT2D eigenvalue weighted by atomic mass is 16.6. The highest BCUT2D eigenvalue weighted by Crippen LogP contribution is 2.15. The van der Waals surface area contributed by atoms with Crippen LogP contribution in [0.5, 0.6) is 0 Å². The predicted molar refractivity (Wildman–Crippen MR) is 307 cm³/mol. The van der Waals surface area contributed by atoms with Crippen LogP contribution in [0.3, 0.4) is 0 Å². The largest absolute Gasteiger partial charge is 0.462 e. The van der Waals surface area contributed by atoms with E-state index in [9.17, 15) is 14.4 Å². The molecule has 0 heterocycles. The van der Waals surface area contributed by atoms with Gasteiger partial charge >= 0.3 is 17.9 Å². The molecule has 0 aliphatic carbocycles. The number of ether oxygens (including phenoxy) is 3. The molecular formula is C65H110O6. The monoisotopic (exact) mass is 987 g/mol. The predicted octanol–water partition coefficient (Wildman–Crippen LogP) is 20.1. The zero-order valence-corrected chi connectivity index (χ0v) is 46.5. The number of unbranched alkanes of at least 4 members (excludes halogenated alkanes) is 26. The van der Waals surface area contributed by atoms with Crippen molar-refractivity contribution in [1.29, 1.82) is 0 Å². The van der Waals surface area contributed by atoms with Crippen LogP contribution in [0, 0.1) is 0 Å². The fourth-order valence-electron chi connectivity index (χ4n) is 8.12. The van der Waals surface area contributed by atoms with E-state index in [2.05, 4.69) is 118 Å². The number of carbonyl (C=O) groups excluding carboxylic acids is 3. The Labute approximate surface area is 438 Å². The molecule has 1 atom stereocenters. The lowest BCUT2D eigenvalue weighted by atomic mass is 10.0. The summed E-state index contributed by atoms with van der Waals surface area (Å²) in [6.45, 7) is 6.48. The fourth-order valence-corrected chi connectivity index (χ4v) is 8.12. The van der Waals surface area contributed by atoms with E-state index >= 15 is 0 Å². The van der Waals surface area contributed by atoms with Crippen LogP contribution in [0.2, 0.25) is 0 Å². The number of hydrogen-bond acceptors (Lipinski definition) is 6. The van der Waals surface area contributed by atoms with E-state index in [4.69, 9.17) is 14.2 Å².